The van der Waals surface area contributed by atoms with Gasteiger partial charge in [-0.2, -0.15) is 0 Å². The molecular formula is C13H22BN2O. The van der Waals surface area contributed by atoms with Crippen LogP contribution < -0.4 is 5.32 Å². The highest BCUT2D eigenvalue weighted by Gasteiger charge is 2.23. The fourth-order valence-corrected chi connectivity index (χ4v) is 2.38. The van der Waals surface area contributed by atoms with E-state index in [-0.39, 0.29) is 17.9 Å². The zero-order chi connectivity index (χ0) is 12.5. The molecule has 1 aliphatic rings. The van der Waals surface area contributed by atoms with Crippen LogP contribution in [0.15, 0.2) is 0 Å². The third-order valence-corrected chi connectivity index (χ3v) is 3.44. The van der Waals surface area contributed by atoms with Gasteiger partial charge in [0.1, 0.15) is 0 Å². The van der Waals surface area contributed by atoms with Gasteiger partial charge in [0, 0.05) is 12.0 Å². The molecule has 0 unspecified atom stereocenters. The topological polar surface area (TPSA) is 52.9 Å². The molecule has 4 heteroatoms. The highest BCUT2D eigenvalue weighted by Crippen LogP contribution is 2.24. The lowest BCUT2D eigenvalue weighted by atomic mass is 9.75. The first-order chi connectivity index (χ1) is 8.24. The molecule has 17 heavy (non-hydrogen) atoms. The Morgan fingerprint density at radius 1 is 1.47 bits per heavy atom. The van der Waals surface area contributed by atoms with Crippen LogP contribution in [0, 0.1) is 17.1 Å². The lowest BCUT2D eigenvalue weighted by molar-refractivity contribution is -0.125. The quantitative estimate of drug-likeness (QED) is 0.542. The van der Waals surface area contributed by atoms with E-state index in [1.54, 1.807) is 7.28 Å². The minimum Gasteiger partial charge on any atom is -0.353 e. The number of rotatable bonds is 7. The highest BCUT2D eigenvalue weighted by molar-refractivity contribution is 6.44. The van der Waals surface area contributed by atoms with E-state index in [0.29, 0.717) is 0 Å². The molecule has 3 nitrogen and oxygen atoms in total. The summed E-state index contributed by atoms with van der Waals surface area (Å²) >= 11 is 0. The van der Waals surface area contributed by atoms with E-state index >= 15 is 0 Å². The molecule has 1 atom stereocenters. The maximum absolute atomic E-state index is 11.8. The Hall–Kier alpha value is -0.975. The molecule has 1 N–H and O–H groups in total. The van der Waals surface area contributed by atoms with Crippen LogP contribution in [0.3, 0.4) is 0 Å². The van der Waals surface area contributed by atoms with E-state index in [1.165, 1.54) is 12.8 Å². The molecule has 0 aromatic carbocycles. The van der Waals surface area contributed by atoms with Crippen molar-refractivity contribution in [2.24, 2.45) is 5.92 Å². The number of amides is 1. The van der Waals surface area contributed by atoms with Crippen molar-refractivity contribution in [1.29, 1.82) is 5.26 Å². The van der Waals surface area contributed by atoms with E-state index in [1.807, 2.05) is 5.97 Å². The Labute approximate surface area is 105 Å². The third kappa shape index (κ3) is 5.77. The highest BCUT2D eigenvalue weighted by atomic mass is 16.1. The second-order valence-corrected chi connectivity index (χ2v) is 5.01. The molecule has 1 amide bonds. The Morgan fingerprint density at radius 3 is 2.82 bits per heavy atom. The normalized spacial score (nSPS) is 17.4. The van der Waals surface area contributed by atoms with E-state index in [0.717, 1.165) is 38.4 Å². The van der Waals surface area contributed by atoms with E-state index in [4.69, 9.17) is 5.26 Å². The fourth-order valence-electron chi connectivity index (χ4n) is 2.38. The molecule has 1 saturated carbocycles. The summed E-state index contributed by atoms with van der Waals surface area (Å²) in [4.78, 5) is 11.8. The van der Waals surface area contributed by atoms with Gasteiger partial charge in [-0.25, -0.2) is 5.26 Å². The largest absolute Gasteiger partial charge is 0.353 e. The summed E-state index contributed by atoms with van der Waals surface area (Å²) in [5, 5.41) is 11.5. The SMILES string of the molecule is C[C@H](CCCC[B]C#N)NC(=O)C1CCCC1. The Balaban J connectivity index is 2.05. The van der Waals surface area contributed by atoms with Gasteiger partial charge in [-0.3, -0.25) is 4.79 Å². The lowest BCUT2D eigenvalue weighted by Crippen LogP contribution is -2.36. The standard InChI is InChI=1S/C13H22BN2O/c1-11(6-4-5-9-14-10-15)16-13(17)12-7-2-3-8-12/h11-12H,2-9H2,1H3,(H,16,17)/t11-/m1/s1. The number of nitrogens with zero attached hydrogens (tertiary/aromatic N) is 1. The van der Waals surface area contributed by atoms with Crippen LogP contribution >= 0.6 is 0 Å². The predicted octanol–water partition coefficient (Wildman–Crippen LogP) is 2.46. The zero-order valence-electron chi connectivity index (χ0n) is 10.7. The molecule has 1 radical (unpaired) electrons. The molecule has 0 aliphatic heterocycles. The van der Waals surface area contributed by atoms with Crippen molar-refractivity contribution in [2.45, 2.75) is 64.2 Å². The zero-order valence-corrected chi connectivity index (χ0v) is 10.7. The van der Waals surface area contributed by atoms with E-state index < -0.39 is 0 Å². The Bertz CT molecular complexity index is 269. The van der Waals surface area contributed by atoms with Crippen LogP contribution in [0.4, 0.5) is 0 Å². The number of nitrogens with one attached hydrogen (secondary N) is 1. The average molecular weight is 233 g/mol. The number of carbonyl (C=O) groups is 1. The Morgan fingerprint density at radius 2 is 2.18 bits per heavy atom. The summed E-state index contributed by atoms with van der Waals surface area (Å²) in [5.74, 6) is 2.55. The van der Waals surface area contributed by atoms with Crippen LogP contribution in [0.25, 0.3) is 0 Å². The van der Waals surface area contributed by atoms with Gasteiger partial charge in [0.2, 0.25) is 5.91 Å². The lowest BCUT2D eigenvalue weighted by Gasteiger charge is -2.16. The van der Waals surface area contributed by atoms with Gasteiger partial charge in [-0.05, 0) is 32.2 Å². The van der Waals surface area contributed by atoms with Crippen molar-refractivity contribution in [3.8, 4) is 5.97 Å². The predicted molar refractivity (Wildman–Crippen MR) is 69.6 cm³/mol. The van der Waals surface area contributed by atoms with Crippen molar-refractivity contribution in [1.82, 2.24) is 5.32 Å². The fraction of sp³-hybridized carbons (Fsp3) is 0.846. The first kappa shape index (κ1) is 14.1. The summed E-state index contributed by atoms with van der Waals surface area (Å²) < 4.78 is 0. The first-order valence-corrected chi connectivity index (χ1v) is 6.75. The molecule has 0 bridgehead atoms. The molecule has 0 saturated heterocycles. The van der Waals surface area contributed by atoms with Gasteiger partial charge in [-0.15, -0.1) is 0 Å². The molecule has 1 rings (SSSR count). The second-order valence-electron chi connectivity index (χ2n) is 5.01. The van der Waals surface area contributed by atoms with Crippen LogP contribution in [-0.4, -0.2) is 19.2 Å². The molecule has 0 aromatic rings. The molecule has 0 spiro atoms. The van der Waals surface area contributed by atoms with Crippen LogP contribution in [0.2, 0.25) is 6.32 Å². The number of nitriles is 1. The summed E-state index contributed by atoms with van der Waals surface area (Å²) in [7, 11) is 1.64. The molecule has 93 valence electrons. The van der Waals surface area contributed by atoms with Gasteiger partial charge >= 0.3 is 0 Å². The third-order valence-electron chi connectivity index (χ3n) is 3.44. The molecule has 1 aliphatic carbocycles. The van der Waals surface area contributed by atoms with Crippen LogP contribution in [0.5, 0.6) is 0 Å². The smallest absolute Gasteiger partial charge is 0.254 e. The van der Waals surface area contributed by atoms with Gasteiger partial charge in [0.25, 0.3) is 7.28 Å². The van der Waals surface area contributed by atoms with Gasteiger partial charge < -0.3 is 5.32 Å². The van der Waals surface area contributed by atoms with Crippen molar-refractivity contribution < 1.29 is 4.79 Å². The first-order valence-electron chi connectivity index (χ1n) is 6.75. The van der Waals surface area contributed by atoms with Crippen LogP contribution in [0.1, 0.15) is 51.9 Å². The van der Waals surface area contributed by atoms with Gasteiger partial charge in [-0.1, -0.05) is 32.0 Å². The van der Waals surface area contributed by atoms with Crippen molar-refractivity contribution in [3.63, 3.8) is 0 Å². The second kappa shape index (κ2) is 8.17. The van der Waals surface area contributed by atoms with Crippen molar-refractivity contribution in [3.05, 3.63) is 0 Å². The van der Waals surface area contributed by atoms with Crippen molar-refractivity contribution >= 4 is 13.2 Å². The van der Waals surface area contributed by atoms with Gasteiger partial charge in [0.05, 0.1) is 0 Å². The average Bonchev–Trinajstić information content (AvgIpc) is 2.82. The summed E-state index contributed by atoms with van der Waals surface area (Å²) in [6.07, 6.45) is 8.53. The minimum absolute atomic E-state index is 0.249. The molecule has 0 heterocycles. The maximum atomic E-state index is 11.8. The van der Waals surface area contributed by atoms with Crippen LogP contribution in [-0.2, 0) is 4.79 Å². The number of unbranched alkanes of at least 4 members (excludes halogenated alkanes) is 1. The Kier molecular flexibility index (Phi) is 6.77. The maximum Gasteiger partial charge on any atom is 0.254 e. The molecule has 0 aromatic heterocycles. The summed E-state index contributed by atoms with van der Waals surface area (Å²) in [5.41, 5.74) is 0. The number of hydrogen-bond donors (Lipinski definition) is 1. The van der Waals surface area contributed by atoms with E-state index in [9.17, 15) is 4.79 Å². The molecule has 1 fully saturated rings. The van der Waals surface area contributed by atoms with Gasteiger partial charge in [0.15, 0.2) is 0 Å². The monoisotopic (exact) mass is 233 g/mol. The van der Waals surface area contributed by atoms with Crippen molar-refractivity contribution in [2.75, 3.05) is 0 Å². The number of carbonyl (C=O) groups excluding carboxylic acids is 1. The summed E-state index contributed by atoms with van der Waals surface area (Å²) in [6.45, 7) is 2.07. The minimum atomic E-state index is 0.249. The van der Waals surface area contributed by atoms with E-state index in [2.05, 4.69) is 12.2 Å². The number of hydrogen-bond acceptors (Lipinski definition) is 2. The summed E-state index contributed by atoms with van der Waals surface area (Å²) in [6, 6.07) is 0.269. The molecular weight excluding hydrogens is 211 g/mol.